The number of nitrogens with zero attached hydrogens (tertiary/aromatic N) is 4. The molecular weight excluding hydrogens is 625 g/mol. The van der Waals surface area contributed by atoms with E-state index < -0.39 is 10.0 Å². The van der Waals surface area contributed by atoms with Crippen molar-refractivity contribution < 1.29 is 17.5 Å². The Morgan fingerprint density at radius 2 is 1.88 bits per heavy atom. The molecule has 1 saturated heterocycles. The van der Waals surface area contributed by atoms with E-state index in [0.717, 1.165) is 38.5 Å². The van der Waals surface area contributed by atoms with Crippen molar-refractivity contribution in [3.8, 4) is 11.5 Å². The van der Waals surface area contributed by atoms with Gasteiger partial charge in [0.15, 0.2) is 16.7 Å². The number of benzene rings is 1. The lowest BCUT2D eigenvalue weighted by molar-refractivity contribution is 0.319. The fraction of sp³-hybridized carbons (Fsp3) is 0.222. The second-order valence-corrected chi connectivity index (χ2v) is 14.1. The van der Waals surface area contributed by atoms with Crippen molar-refractivity contribution in [3.05, 3.63) is 77.1 Å². The van der Waals surface area contributed by atoms with Gasteiger partial charge >= 0.3 is 0 Å². The summed E-state index contributed by atoms with van der Waals surface area (Å²) in [5, 5.41) is 7.97. The van der Waals surface area contributed by atoms with E-state index in [1.165, 1.54) is 34.0 Å². The lowest BCUT2D eigenvalue weighted by atomic mass is 9.95. The average Bonchev–Trinajstić information content (AvgIpc) is 3.62. The Morgan fingerprint density at radius 1 is 1.10 bits per heavy atom. The lowest BCUT2D eigenvalue weighted by Crippen LogP contribution is -2.37. The van der Waals surface area contributed by atoms with Crippen LogP contribution >= 0.6 is 46.8 Å². The molecule has 1 aromatic carbocycles. The van der Waals surface area contributed by atoms with E-state index in [1.54, 1.807) is 47.6 Å². The van der Waals surface area contributed by atoms with Crippen LogP contribution in [0.25, 0.3) is 10.2 Å². The van der Waals surface area contributed by atoms with Gasteiger partial charge in [-0.3, -0.25) is 4.98 Å². The average molecular weight is 650 g/mol. The minimum atomic E-state index is -3.18. The predicted molar refractivity (Wildman–Crippen MR) is 165 cm³/mol. The van der Waals surface area contributed by atoms with Crippen LogP contribution in [-0.4, -0.2) is 47.0 Å². The van der Waals surface area contributed by atoms with E-state index in [0.29, 0.717) is 35.5 Å². The molecule has 8 nitrogen and oxygen atoms in total. The first kappa shape index (κ1) is 29.7. The Kier molecular flexibility index (Phi) is 9.12. The van der Waals surface area contributed by atoms with Gasteiger partial charge in [-0.15, -0.1) is 35.1 Å². The Labute approximate surface area is 255 Å². The fourth-order valence-corrected chi connectivity index (χ4v) is 8.00. The molecule has 1 fully saturated rings. The highest BCUT2D eigenvalue weighted by Crippen LogP contribution is 2.40. The third-order valence-corrected chi connectivity index (χ3v) is 10.7. The molecule has 0 radical (unpaired) electrons. The van der Waals surface area contributed by atoms with E-state index in [-0.39, 0.29) is 24.1 Å². The van der Waals surface area contributed by atoms with Gasteiger partial charge in [-0.1, -0.05) is 11.8 Å². The highest BCUT2D eigenvalue weighted by molar-refractivity contribution is 7.99. The van der Waals surface area contributed by atoms with Gasteiger partial charge < -0.3 is 10.1 Å². The first-order valence-electron chi connectivity index (χ1n) is 12.4. The van der Waals surface area contributed by atoms with Crippen molar-refractivity contribution in [1.29, 1.82) is 0 Å². The zero-order valence-electron chi connectivity index (χ0n) is 21.7. The van der Waals surface area contributed by atoms with E-state index in [4.69, 9.17) is 9.72 Å². The smallest absolute Gasteiger partial charge is 0.211 e. The number of nitrogens with one attached hydrogen (secondary N) is 1. The summed E-state index contributed by atoms with van der Waals surface area (Å²) in [6, 6.07) is 11.7. The monoisotopic (exact) mass is 649 g/mol. The van der Waals surface area contributed by atoms with Crippen molar-refractivity contribution in [3.63, 3.8) is 0 Å². The third-order valence-electron chi connectivity index (χ3n) is 6.49. The van der Waals surface area contributed by atoms with Crippen LogP contribution in [0.2, 0.25) is 0 Å². The summed E-state index contributed by atoms with van der Waals surface area (Å²) in [6.45, 7) is 0.991. The van der Waals surface area contributed by atoms with Crippen LogP contribution < -0.4 is 10.1 Å². The van der Waals surface area contributed by atoms with Crippen molar-refractivity contribution in [2.24, 2.45) is 0 Å². The van der Waals surface area contributed by atoms with Crippen LogP contribution in [-0.2, 0) is 10.0 Å². The Morgan fingerprint density at radius 3 is 2.63 bits per heavy atom. The molecule has 1 N–H and O–H groups in total. The summed E-state index contributed by atoms with van der Waals surface area (Å²) in [5.74, 6) is 1.29. The summed E-state index contributed by atoms with van der Waals surface area (Å²) >= 11 is 4.67. The minimum absolute atomic E-state index is 0. The lowest BCUT2D eigenvalue weighted by Gasteiger charge is -2.29. The zero-order valence-corrected chi connectivity index (χ0v) is 25.8. The van der Waals surface area contributed by atoms with E-state index in [2.05, 4.69) is 15.3 Å². The molecule has 4 aromatic heterocycles. The number of sulfonamides is 1. The summed E-state index contributed by atoms with van der Waals surface area (Å²) < 4.78 is 46.0. The third kappa shape index (κ3) is 6.99. The molecule has 0 saturated carbocycles. The van der Waals surface area contributed by atoms with E-state index >= 15 is 0 Å². The summed E-state index contributed by atoms with van der Waals surface area (Å²) in [6.07, 6.45) is 6.28. The van der Waals surface area contributed by atoms with Gasteiger partial charge in [0.05, 0.1) is 22.2 Å². The number of aromatic nitrogens is 3. The number of thiophene rings is 1. The molecule has 1 aliphatic heterocycles. The Hall–Kier alpha value is -2.81. The van der Waals surface area contributed by atoms with Crippen molar-refractivity contribution in [2.75, 3.05) is 24.7 Å². The van der Waals surface area contributed by atoms with Crippen molar-refractivity contribution in [2.45, 2.75) is 28.6 Å². The normalized spacial score (nSPS) is 14.6. The molecule has 0 atom stereocenters. The summed E-state index contributed by atoms with van der Waals surface area (Å²) in [5.41, 5.74) is 1.89. The second-order valence-electron chi connectivity index (χ2n) is 9.26. The van der Waals surface area contributed by atoms with Gasteiger partial charge in [0, 0.05) is 52.6 Å². The van der Waals surface area contributed by atoms with E-state index in [1.807, 2.05) is 29.0 Å². The largest absolute Gasteiger partial charge is 0.453 e. The highest BCUT2D eigenvalue weighted by atomic mass is 35.5. The summed E-state index contributed by atoms with van der Waals surface area (Å²) in [4.78, 5) is 15.8. The highest BCUT2D eigenvalue weighted by Gasteiger charge is 2.27. The summed E-state index contributed by atoms with van der Waals surface area (Å²) in [7, 11) is -3.18. The van der Waals surface area contributed by atoms with Crippen LogP contribution in [0.4, 0.5) is 15.3 Å². The Bertz CT molecular complexity index is 1760. The number of thiazole rings is 1. The number of rotatable bonds is 8. The molecule has 6 rings (SSSR count). The van der Waals surface area contributed by atoms with Gasteiger partial charge in [-0.2, -0.15) is 0 Å². The van der Waals surface area contributed by atoms with E-state index in [9.17, 15) is 12.8 Å². The first-order chi connectivity index (χ1) is 19.3. The van der Waals surface area contributed by atoms with Crippen molar-refractivity contribution in [1.82, 2.24) is 19.3 Å². The molecule has 5 heterocycles. The van der Waals surface area contributed by atoms with Crippen LogP contribution in [0.15, 0.2) is 75.4 Å². The van der Waals surface area contributed by atoms with Crippen LogP contribution in [0.5, 0.6) is 11.5 Å². The number of hydrogen-bond donors (Lipinski definition) is 1. The molecule has 0 amide bonds. The first-order valence-corrected chi connectivity index (χ1v) is 16.9. The fourth-order valence-electron chi connectivity index (χ4n) is 4.46. The molecule has 0 aliphatic carbocycles. The SMILES string of the molecule is CS(=O)(=O)N1CCC(c2csc(Nc3ncc(Sc4ccnc5ccsc45)cc3Oc3ccc(F)cc3)n2)CC1.Cl. The number of fused-ring (bicyclic) bond motifs is 1. The quantitative estimate of drug-likeness (QED) is 0.184. The standard InChI is InChI=1S/C27H24FN5O3S4.ClH/c1-40(34,35)33-11-7-17(8-12-33)22-16-38-27(31-22)32-26-23(36-19-4-2-18(28)3-5-19)14-20(15-30-26)39-24-6-10-29-21-9-13-37-25(21)24;/h2-6,9-10,13-17H,7-8,11-12H2,1H3,(H,30,31,32);1H. The van der Waals surface area contributed by atoms with Gasteiger partial charge in [-0.05, 0) is 54.6 Å². The molecule has 214 valence electrons. The predicted octanol–water partition coefficient (Wildman–Crippen LogP) is 7.53. The topological polar surface area (TPSA) is 97.3 Å². The molecule has 41 heavy (non-hydrogen) atoms. The van der Waals surface area contributed by atoms with Gasteiger partial charge in [-0.25, -0.2) is 27.1 Å². The maximum atomic E-state index is 13.5. The minimum Gasteiger partial charge on any atom is -0.453 e. The molecule has 0 unspecified atom stereocenters. The van der Waals surface area contributed by atoms with Gasteiger partial charge in [0.1, 0.15) is 11.6 Å². The number of ether oxygens (including phenoxy) is 1. The zero-order chi connectivity index (χ0) is 27.7. The second kappa shape index (κ2) is 12.6. The number of anilines is 2. The van der Waals surface area contributed by atoms with Gasteiger partial charge in [0.2, 0.25) is 10.0 Å². The number of halogens is 2. The number of pyridine rings is 2. The molecular formula is C27H25ClFN5O3S4. The van der Waals surface area contributed by atoms with Crippen LogP contribution in [0.3, 0.4) is 0 Å². The number of piperidine rings is 1. The maximum Gasteiger partial charge on any atom is 0.211 e. The molecule has 5 aromatic rings. The molecule has 1 aliphatic rings. The Balaban J connectivity index is 0.00000337. The number of hydrogen-bond acceptors (Lipinski definition) is 10. The van der Waals surface area contributed by atoms with Crippen LogP contribution in [0, 0.1) is 5.82 Å². The molecule has 0 bridgehead atoms. The molecule has 0 spiro atoms. The molecule has 14 heteroatoms. The van der Waals surface area contributed by atoms with Gasteiger partial charge in [0.25, 0.3) is 0 Å². The maximum absolute atomic E-state index is 13.5. The van der Waals surface area contributed by atoms with Crippen LogP contribution in [0.1, 0.15) is 24.5 Å². The van der Waals surface area contributed by atoms with Crippen molar-refractivity contribution >= 4 is 78.0 Å².